The average Bonchev–Trinajstić information content (AvgIpc) is 2.54. The first kappa shape index (κ1) is 15.4. The number of nitrogens with zero attached hydrogens (tertiary/aromatic N) is 2. The fourth-order valence-electron chi connectivity index (χ4n) is 2.37. The fourth-order valence-corrected chi connectivity index (χ4v) is 2.80. The molecule has 112 valence electrons. The van der Waals surface area contributed by atoms with Crippen molar-refractivity contribution in [2.75, 3.05) is 5.73 Å². The molecule has 0 aliphatic heterocycles. The van der Waals surface area contributed by atoms with Crippen LogP contribution in [0.1, 0.15) is 5.56 Å². The first-order valence-corrected chi connectivity index (χ1v) is 7.57. The van der Waals surface area contributed by atoms with Gasteiger partial charge < -0.3 is 5.73 Å². The van der Waals surface area contributed by atoms with E-state index >= 15 is 0 Å². The zero-order chi connectivity index (χ0) is 16.4. The average molecular weight is 340 g/mol. The summed E-state index contributed by atoms with van der Waals surface area (Å²) < 4.78 is 0. The van der Waals surface area contributed by atoms with Crippen molar-refractivity contribution < 1.29 is 0 Å². The van der Waals surface area contributed by atoms with E-state index in [-0.39, 0.29) is 5.82 Å². The molecule has 3 rings (SSSR count). The summed E-state index contributed by atoms with van der Waals surface area (Å²) in [6, 6.07) is 18.5. The van der Waals surface area contributed by atoms with E-state index in [2.05, 4.69) is 11.1 Å². The molecular formula is C18H11Cl2N3. The SMILES string of the molecule is N#Cc1c(-c2ccccc2Cl)cc(-c2cccc(Cl)c2)nc1N. The molecule has 0 saturated heterocycles. The van der Waals surface area contributed by atoms with Crippen LogP contribution in [0.15, 0.2) is 54.6 Å². The highest BCUT2D eigenvalue weighted by atomic mass is 35.5. The maximum absolute atomic E-state index is 9.42. The number of pyridine rings is 1. The minimum atomic E-state index is 0.167. The largest absolute Gasteiger partial charge is 0.383 e. The Balaban J connectivity index is 2.27. The molecule has 5 heteroatoms. The molecule has 0 unspecified atom stereocenters. The van der Waals surface area contributed by atoms with Gasteiger partial charge in [-0.15, -0.1) is 0 Å². The van der Waals surface area contributed by atoms with Crippen LogP contribution in [-0.2, 0) is 0 Å². The van der Waals surface area contributed by atoms with E-state index in [0.717, 1.165) is 11.1 Å². The van der Waals surface area contributed by atoms with Gasteiger partial charge in [0.05, 0.1) is 5.69 Å². The van der Waals surface area contributed by atoms with E-state index in [1.807, 2.05) is 36.4 Å². The molecular weight excluding hydrogens is 329 g/mol. The second kappa shape index (κ2) is 6.29. The van der Waals surface area contributed by atoms with Gasteiger partial charge in [-0.1, -0.05) is 53.5 Å². The molecule has 2 N–H and O–H groups in total. The highest BCUT2D eigenvalue weighted by Gasteiger charge is 2.15. The van der Waals surface area contributed by atoms with Crippen LogP contribution >= 0.6 is 23.2 Å². The third-order valence-corrected chi connectivity index (χ3v) is 4.01. The summed E-state index contributed by atoms with van der Waals surface area (Å²) >= 11 is 12.3. The maximum atomic E-state index is 9.42. The number of nitrogen functional groups attached to an aromatic ring is 1. The first-order chi connectivity index (χ1) is 11.1. The molecule has 1 heterocycles. The van der Waals surface area contributed by atoms with Gasteiger partial charge in [-0.3, -0.25) is 0 Å². The van der Waals surface area contributed by atoms with E-state index in [1.54, 1.807) is 18.2 Å². The van der Waals surface area contributed by atoms with Crippen molar-refractivity contribution in [2.45, 2.75) is 0 Å². The Morgan fingerprint density at radius 3 is 2.43 bits per heavy atom. The number of nitrogens with two attached hydrogens (primary N) is 1. The molecule has 0 aliphatic carbocycles. The maximum Gasteiger partial charge on any atom is 0.142 e. The number of halogens is 2. The molecule has 2 aromatic carbocycles. The smallest absolute Gasteiger partial charge is 0.142 e. The summed E-state index contributed by atoms with van der Waals surface area (Å²) in [6.07, 6.45) is 0. The van der Waals surface area contributed by atoms with Crippen LogP contribution in [-0.4, -0.2) is 4.98 Å². The summed E-state index contributed by atoms with van der Waals surface area (Å²) in [5, 5.41) is 10.6. The lowest BCUT2D eigenvalue weighted by molar-refractivity contribution is 1.31. The van der Waals surface area contributed by atoms with Crippen LogP contribution in [0, 0.1) is 11.3 Å². The Morgan fingerprint density at radius 2 is 1.74 bits per heavy atom. The quantitative estimate of drug-likeness (QED) is 0.699. The number of nitriles is 1. The lowest BCUT2D eigenvalue weighted by atomic mass is 9.98. The third kappa shape index (κ3) is 3.00. The van der Waals surface area contributed by atoms with Crippen LogP contribution in [0.3, 0.4) is 0 Å². The van der Waals surface area contributed by atoms with Gasteiger partial charge in [0.15, 0.2) is 0 Å². The van der Waals surface area contributed by atoms with Crippen molar-refractivity contribution in [3.63, 3.8) is 0 Å². The normalized spacial score (nSPS) is 10.3. The van der Waals surface area contributed by atoms with E-state index in [0.29, 0.717) is 26.9 Å². The second-order valence-electron chi connectivity index (χ2n) is 4.92. The Morgan fingerprint density at radius 1 is 0.957 bits per heavy atom. The molecule has 0 radical (unpaired) electrons. The zero-order valence-electron chi connectivity index (χ0n) is 11.9. The molecule has 0 spiro atoms. The second-order valence-corrected chi connectivity index (χ2v) is 5.76. The number of hydrogen-bond acceptors (Lipinski definition) is 3. The predicted octanol–water partition coefficient (Wildman–Crippen LogP) is 5.18. The summed E-state index contributed by atoms with van der Waals surface area (Å²) in [7, 11) is 0. The molecule has 0 aliphatic rings. The van der Waals surface area contributed by atoms with E-state index in [9.17, 15) is 5.26 Å². The molecule has 3 aromatic rings. The van der Waals surface area contributed by atoms with Gasteiger partial charge in [-0.05, 0) is 24.3 Å². The number of aromatic nitrogens is 1. The first-order valence-electron chi connectivity index (χ1n) is 6.81. The van der Waals surface area contributed by atoms with Crippen molar-refractivity contribution in [1.82, 2.24) is 4.98 Å². The Bertz CT molecular complexity index is 930. The molecule has 0 amide bonds. The van der Waals surface area contributed by atoms with Crippen molar-refractivity contribution in [3.05, 3.63) is 70.2 Å². The van der Waals surface area contributed by atoms with Gasteiger partial charge in [-0.2, -0.15) is 5.26 Å². The number of rotatable bonds is 2. The zero-order valence-corrected chi connectivity index (χ0v) is 13.4. The summed E-state index contributed by atoms with van der Waals surface area (Å²) in [6.45, 7) is 0. The van der Waals surface area contributed by atoms with Crippen LogP contribution in [0.5, 0.6) is 0 Å². The summed E-state index contributed by atoms with van der Waals surface area (Å²) in [5.41, 5.74) is 9.15. The molecule has 0 bridgehead atoms. The highest BCUT2D eigenvalue weighted by Crippen LogP contribution is 2.35. The van der Waals surface area contributed by atoms with Crippen molar-refractivity contribution >= 4 is 29.0 Å². The van der Waals surface area contributed by atoms with Gasteiger partial charge in [0, 0.05) is 26.7 Å². The molecule has 1 aromatic heterocycles. The standard InChI is InChI=1S/C18H11Cl2N3/c19-12-5-3-4-11(8-12)17-9-14(15(10-21)18(22)23-17)13-6-1-2-7-16(13)20/h1-9H,(H2,22,23). The van der Waals surface area contributed by atoms with Gasteiger partial charge >= 0.3 is 0 Å². The van der Waals surface area contributed by atoms with Crippen LogP contribution in [0.25, 0.3) is 22.4 Å². The number of hydrogen-bond donors (Lipinski definition) is 1. The third-order valence-electron chi connectivity index (χ3n) is 3.44. The minimum Gasteiger partial charge on any atom is -0.383 e. The summed E-state index contributed by atoms with van der Waals surface area (Å²) in [4.78, 5) is 4.32. The lowest BCUT2D eigenvalue weighted by Gasteiger charge is -2.11. The summed E-state index contributed by atoms with van der Waals surface area (Å²) in [5.74, 6) is 0.167. The van der Waals surface area contributed by atoms with Gasteiger partial charge in [0.1, 0.15) is 17.5 Å². The van der Waals surface area contributed by atoms with Crippen LogP contribution < -0.4 is 5.73 Å². The van der Waals surface area contributed by atoms with Gasteiger partial charge in [0.2, 0.25) is 0 Å². The Labute approximate surface area is 143 Å². The van der Waals surface area contributed by atoms with E-state index in [1.165, 1.54) is 0 Å². The monoisotopic (exact) mass is 339 g/mol. The van der Waals surface area contributed by atoms with Crippen molar-refractivity contribution in [1.29, 1.82) is 5.26 Å². The molecule has 0 saturated carbocycles. The fraction of sp³-hybridized carbons (Fsp3) is 0. The molecule has 0 atom stereocenters. The van der Waals surface area contributed by atoms with Crippen LogP contribution in [0.2, 0.25) is 10.0 Å². The molecule has 0 fully saturated rings. The lowest BCUT2D eigenvalue weighted by Crippen LogP contribution is -2.00. The topological polar surface area (TPSA) is 62.7 Å². The number of anilines is 1. The van der Waals surface area contributed by atoms with Crippen LogP contribution in [0.4, 0.5) is 5.82 Å². The number of benzene rings is 2. The molecule has 3 nitrogen and oxygen atoms in total. The van der Waals surface area contributed by atoms with Gasteiger partial charge in [-0.25, -0.2) is 4.98 Å². The highest BCUT2D eigenvalue weighted by molar-refractivity contribution is 6.33. The van der Waals surface area contributed by atoms with Gasteiger partial charge in [0.25, 0.3) is 0 Å². The minimum absolute atomic E-state index is 0.167. The van der Waals surface area contributed by atoms with Crippen molar-refractivity contribution in [3.8, 4) is 28.5 Å². The van der Waals surface area contributed by atoms with E-state index in [4.69, 9.17) is 28.9 Å². The molecule has 23 heavy (non-hydrogen) atoms. The Hall–Kier alpha value is -2.54. The van der Waals surface area contributed by atoms with Crippen molar-refractivity contribution in [2.24, 2.45) is 0 Å². The Kier molecular flexibility index (Phi) is 4.20. The predicted molar refractivity (Wildman–Crippen MR) is 94.3 cm³/mol. The van der Waals surface area contributed by atoms with E-state index < -0.39 is 0 Å².